The molecule has 1 aromatic heterocycles. The van der Waals surface area contributed by atoms with E-state index in [1.807, 2.05) is 27.7 Å². The summed E-state index contributed by atoms with van der Waals surface area (Å²) in [6, 6.07) is 1.37. The highest BCUT2D eigenvalue weighted by atomic mass is 19.1. The molecule has 106 valence electrons. The fourth-order valence-corrected chi connectivity index (χ4v) is 1.79. The molecule has 0 bridgehead atoms. The lowest BCUT2D eigenvalue weighted by atomic mass is 10.1. The smallest absolute Gasteiger partial charge is 0.257 e. The maximum Gasteiger partial charge on any atom is 0.257 e. The lowest BCUT2D eigenvalue weighted by Gasteiger charge is -2.28. The summed E-state index contributed by atoms with van der Waals surface area (Å²) in [6.45, 7) is 8.41. The van der Waals surface area contributed by atoms with Gasteiger partial charge < -0.3 is 10.3 Å². The van der Waals surface area contributed by atoms with E-state index in [1.54, 1.807) is 4.90 Å². The second kappa shape index (κ2) is 6.47. The van der Waals surface area contributed by atoms with Crippen LogP contribution in [0, 0.1) is 11.7 Å². The van der Waals surface area contributed by atoms with Crippen LogP contribution in [0.5, 0.6) is 0 Å². The van der Waals surface area contributed by atoms with Crippen molar-refractivity contribution in [1.29, 1.82) is 0 Å². The number of hydrazine groups is 1. The van der Waals surface area contributed by atoms with Gasteiger partial charge in [-0.25, -0.2) is 15.2 Å². The average molecular weight is 268 g/mol. The van der Waals surface area contributed by atoms with Crippen molar-refractivity contribution in [3.63, 3.8) is 0 Å². The highest BCUT2D eigenvalue weighted by molar-refractivity contribution is 5.95. The number of amides is 1. The molecule has 1 heterocycles. The molecule has 0 aliphatic heterocycles. The molecule has 0 unspecified atom stereocenters. The van der Waals surface area contributed by atoms with E-state index in [0.29, 0.717) is 12.5 Å². The van der Waals surface area contributed by atoms with Gasteiger partial charge in [-0.05, 0) is 25.8 Å². The third-order valence-electron chi connectivity index (χ3n) is 2.70. The Labute approximate surface area is 113 Å². The number of aromatic nitrogens is 1. The zero-order valence-electron chi connectivity index (χ0n) is 11.8. The number of hydrogen-bond donors (Lipinski definition) is 2. The van der Waals surface area contributed by atoms with E-state index >= 15 is 0 Å². The van der Waals surface area contributed by atoms with Gasteiger partial charge in [-0.3, -0.25) is 4.79 Å². The lowest BCUT2D eigenvalue weighted by Crippen LogP contribution is -2.40. The lowest BCUT2D eigenvalue weighted by molar-refractivity contribution is 0.0677. The number of carbonyl (C=O) groups is 1. The van der Waals surface area contributed by atoms with Crippen molar-refractivity contribution in [3.8, 4) is 0 Å². The van der Waals surface area contributed by atoms with Crippen molar-refractivity contribution in [2.24, 2.45) is 11.8 Å². The van der Waals surface area contributed by atoms with E-state index in [0.717, 1.165) is 0 Å². The summed E-state index contributed by atoms with van der Waals surface area (Å²) in [5.41, 5.74) is 2.13. The van der Waals surface area contributed by atoms with Crippen LogP contribution in [-0.4, -0.2) is 28.4 Å². The molecule has 1 aromatic rings. The molecule has 3 N–H and O–H groups in total. The first-order valence-corrected chi connectivity index (χ1v) is 6.30. The maximum atomic E-state index is 14.0. The minimum absolute atomic E-state index is 0.00301. The first kappa shape index (κ1) is 15.4. The van der Waals surface area contributed by atoms with Gasteiger partial charge in [0.2, 0.25) is 0 Å². The molecule has 0 spiro atoms. The predicted octanol–water partition coefficient (Wildman–Crippen LogP) is 2.01. The quantitative estimate of drug-likeness (QED) is 0.633. The van der Waals surface area contributed by atoms with Gasteiger partial charge in [0, 0.05) is 18.8 Å². The van der Waals surface area contributed by atoms with E-state index in [2.05, 4.69) is 10.4 Å². The molecule has 0 saturated carbocycles. The van der Waals surface area contributed by atoms with Gasteiger partial charge in [-0.2, -0.15) is 0 Å². The summed E-state index contributed by atoms with van der Waals surface area (Å²) in [6.07, 6.45) is 1.36. The van der Waals surface area contributed by atoms with E-state index in [-0.39, 0.29) is 23.3 Å². The van der Waals surface area contributed by atoms with E-state index in [4.69, 9.17) is 5.84 Å². The second-order valence-electron chi connectivity index (χ2n) is 5.11. The van der Waals surface area contributed by atoms with Crippen molar-refractivity contribution in [2.75, 3.05) is 12.0 Å². The molecule has 1 amide bonds. The molecule has 0 aliphatic carbocycles. The SMILES string of the molecule is CC(C)CN(C(=O)c1ccnc(NN)c1F)C(C)C. The number of pyridine rings is 1. The van der Waals surface area contributed by atoms with Gasteiger partial charge in [-0.15, -0.1) is 0 Å². The third kappa shape index (κ3) is 3.64. The number of hydrogen-bond acceptors (Lipinski definition) is 4. The van der Waals surface area contributed by atoms with Crippen LogP contribution in [0.2, 0.25) is 0 Å². The molecular formula is C13H21FN4O. The number of carbonyl (C=O) groups excluding carboxylic acids is 1. The molecule has 0 atom stereocenters. The van der Waals surface area contributed by atoms with Crippen LogP contribution >= 0.6 is 0 Å². The molecule has 1 rings (SSSR count). The Kier molecular flexibility index (Phi) is 5.23. The monoisotopic (exact) mass is 268 g/mol. The van der Waals surface area contributed by atoms with Crippen LogP contribution in [0.1, 0.15) is 38.1 Å². The van der Waals surface area contributed by atoms with Crippen molar-refractivity contribution < 1.29 is 9.18 Å². The molecule has 0 aliphatic rings. The van der Waals surface area contributed by atoms with Crippen molar-refractivity contribution in [2.45, 2.75) is 33.7 Å². The van der Waals surface area contributed by atoms with Gasteiger partial charge >= 0.3 is 0 Å². The fourth-order valence-electron chi connectivity index (χ4n) is 1.79. The second-order valence-corrected chi connectivity index (χ2v) is 5.11. The summed E-state index contributed by atoms with van der Waals surface area (Å²) in [5.74, 6) is 4.28. The number of rotatable bonds is 5. The number of nitrogens with one attached hydrogen (secondary N) is 1. The minimum Gasteiger partial charge on any atom is -0.336 e. The Balaban J connectivity index is 3.09. The first-order chi connectivity index (χ1) is 8.88. The maximum absolute atomic E-state index is 14.0. The van der Waals surface area contributed by atoms with Gasteiger partial charge in [0.15, 0.2) is 11.6 Å². The summed E-state index contributed by atoms with van der Waals surface area (Å²) in [5, 5.41) is 0. The highest BCUT2D eigenvalue weighted by Gasteiger charge is 2.24. The van der Waals surface area contributed by atoms with E-state index in [9.17, 15) is 9.18 Å². The first-order valence-electron chi connectivity index (χ1n) is 6.30. The normalized spacial score (nSPS) is 10.9. The van der Waals surface area contributed by atoms with Crippen LogP contribution in [0.15, 0.2) is 12.3 Å². The Morgan fingerprint density at radius 2 is 2.11 bits per heavy atom. The van der Waals surface area contributed by atoms with E-state index in [1.165, 1.54) is 12.3 Å². The number of halogens is 1. The van der Waals surface area contributed by atoms with Crippen molar-refractivity contribution >= 4 is 11.7 Å². The van der Waals surface area contributed by atoms with Gasteiger partial charge in [0.05, 0.1) is 5.56 Å². The molecular weight excluding hydrogens is 247 g/mol. The van der Waals surface area contributed by atoms with Crippen LogP contribution in [0.4, 0.5) is 10.2 Å². The standard InChI is InChI=1S/C13H21FN4O/c1-8(2)7-18(9(3)4)13(19)10-5-6-16-12(17-15)11(10)14/h5-6,8-9H,7,15H2,1-4H3,(H,16,17). The summed E-state index contributed by atoms with van der Waals surface area (Å²) in [7, 11) is 0. The summed E-state index contributed by atoms with van der Waals surface area (Å²) >= 11 is 0. The largest absolute Gasteiger partial charge is 0.336 e. The summed E-state index contributed by atoms with van der Waals surface area (Å²) in [4.78, 5) is 17.8. The number of nitrogen functional groups attached to an aromatic ring is 1. The van der Waals surface area contributed by atoms with Crippen molar-refractivity contribution in [1.82, 2.24) is 9.88 Å². The number of anilines is 1. The summed E-state index contributed by atoms with van der Waals surface area (Å²) < 4.78 is 14.0. The molecule has 0 aromatic carbocycles. The molecule has 6 heteroatoms. The van der Waals surface area contributed by atoms with E-state index < -0.39 is 5.82 Å². The Morgan fingerprint density at radius 1 is 1.47 bits per heavy atom. The Hall–Kier alpha value is -1.69. The number of nitrogens with zero attached hydrogens (tertiary/aromatic N) is 2. The van der Waals surface area contributed by atoms with Crippen LogP contribution in [-0.2, 0) is 0 Å². The molecule has 0 fully saturated rings. The molecule has 0 saturated heterocycles. The van der Waals surface area contributed by atoms with Crippen LogP contribution in [0.25, 0.3) is 0 Å². The predicted molar refractivity (Wildman–Crippen MR) is 73.0 cm³/mol. The molecule has 0 radical (unpaired) electrons. The third-order valence-corrected chi connectivity index (χ3v) is 2.70. The fraction of sp³-hybridized carbons (Fsp3) is 0.538. The molecule has 5 nitrogen and oxygen atoms in total. The minimum atomic E-state index is -0.718. The zero-order valence-corrected chi connectivity index (χ0v) is 11.8. The molecule has 19 heavy (non-hydrogen) atoms. The van der Waals surface area contributed by atoms with Crippen LogP contribution in [0.3, 0.4) is 0 Å². The topological polar surface area (TPSA) is 71.2 Å². The average Bonchev–Trinajstić information content (AvgIpc) is 2.35. The Bertz CT molecular complexity index is 448. The van der Waals surface area contributed by atoms with Crippen molar-refractivity contribution in [3.05, 3.63) is 23.6 Å². The number of nitrogens with two attached hydrogens (primary N) is 1. The van der Waals surface area contributed by atoms with Crippen LogP contribution < -0.4 is 11.3 Å². The Morgan fingerprint density at radius 3 is 2.58 bits per heavy atom. The highest BCUT2D eigenvalue weighted by Crippen LogP contribution is 2.18. The van der Waals surface area contributed by atoms with Gasteiger partial charge in [0.25, 0.3) is 5.91 Å². The van der Waals surface area contributed by atoms with Gasteiger partial charge in [0.1, 0.15) is 0 Å². The van der Waals surface area contributed by atoms with Gasteiger partial charge in [-0.1, -0.05) is 13.8 Å². The zero-order chi connectivity index (χ0) is 14.6.